The van der Waals surface area contributed by atoms with E-state index in [1.54, 1.807) is 6.20 Å². The quantitative estimate of drug-likeness (QED) is 0.191. The number of H-pyrrole nitrogens is 1. The van der Waals surface area contributed by atoms with Gasteiger partial charge in [0, 0.05) is 32.0 Å². The van der Waals surface area contributed by atoms with E-state index in [-0.39, 0.29) is 23.0 Å². The van der Waals surface area contributed by atoms with E-state index in [1.807, 2.05) is 30.5 Å². The molecule has 1 aliphatic carbocycles. The molecule has 1 unspecified atom stereocenters. The van der Waals surface area contributed by atoms with Crippen LogP contribution in [0.2, 0.25) is 5.02 Å². The smallest absolute Gasteiger partial charge is 0.121 e. The molecule has 0 spiro atoms. The van der Waals surface area contributed by atoms with Gasteiger partial charge in [-0.15, -0.1) is 17.0 Å². The van der Waals surface area contributed by atoms with Gasteiger partial charge in [0.05, 0.1) is 40.0 Å². The summed E-state index contributed by atoms with van der Waals surface area (Å²) in [7, 11) is 0. The van der Waals surface area contributed by atoms with E-state index < -0.39 is 0 Å². The zero-order valence-corrected chi connectivity index (χ0v) is 24.2. The summed E-state index contributed by atoms with van der Waals surface area (Å²) in [5, 5.41) is 4.14. The maximum Gasteiger partial charge on any atom is 0.121 e. The van der Waals surface area contributed by atoms with E-state index in [9.17, 15) is 0 Å². The van der Waals surface area contributed by atoms with Crippen LogP contribution in [0, 0.1) is 0 Å². The van der Waals surface area contributed by atoms with Gasteiger partial charge in [-0.1, -0.05) is 54.1 Å². The number of hydrogen-bond acceptors (Lipinski definition) is 5. The number of fused-ring (bicyclic) bond motifs is 2. The Balaban J connectivity index is 0.00000308. The summed E-state index contributed by atoms with van der Waals surface area (Å²) in [5.41, 5.74) is 8.04. The van der Waals surface area contributed by atoms with Crippen molar-refractivity contribution >= 4 is 39.6 Å². The van der Waals surface area contributed by atoms with Gasteiger partial charge in [0.15, 0.2) is 0 Å². The van der Waals surface area contributed by atoms with Crippen LogP contribution in [-0.2, 0) is 32.6 Å². The topological polar surface area (TPSA) is 69.7 Å². The highest BCUT2D eigenvalue weighted by Crippen LogP contribution is 2.34. The highest BCUT2D eigenvalue weighted by molar-refractivity contribution is 8.93. The maximum atomic E-state index is 6.23. The highest BCUT2D eigenvalue weighted by atomic mass is 79.9. The molecular formula is C31H32BrClN6. The Morgan fingerprint density at radius 2 is 1.67 bits per heavy atom. The monoisotopic (exact) mass is 602 g/mol. The van der Waals surface area contributed by atoms with Gasteiger partial charge in [0.1, 0.15) is 5.82 Å². The number of pyridine rings is 2. The lowest BCUT2D eigenvalue weighted by Crippen LogP contribution is -2.31. The van der Waals surface area contributed by atoms with Gasteiger partial charge in [0.25, 0.3) is 0 Å². The van der Waals surface area contributed by atoms with Gasteiger partial charge < -0.3 is 10.3 Å². The number of hydrogen-bond donors (Lipinski definition) is 2. The van der Waals surface area contributed by atoms with Crippen molar-refractivity contribution in [1.82, 2.24) is 30.2 Å². The minimum absolute atomic E-state index is 0. The fourth-order valence-corrected chi connectivity index (χ4v) is 5.55. The van der Waals surface area contributed by atoms with E-state index in [0.29, 0.717) is 11.6 Å². The molecule has 2 N–H and O–H groups in total. The number of aromatic amines is 1. The number of nitrogens with one attached hydrogen (secondary N) is 2. The van der Waals surface area contributed by atoms with Gasteiger partial charge >= 0.3 is 0 Å². The first kappa shape index (κ1) is 27.5. The average Bonchev–Trinajstić information content (AvgIpc) is 3.37. The molecule has 200 valence electrons. The Bertz CT molecular complexity index is 1490. The summed E-state index contributed by atoms with van der Waals surface area (Å²) in [6.45, 7) is 2.97. The average molecular weight is 604 g/mol. The Labute approximate surface area is 244 Å². The number of benzene rings is 2. The second kappa shape index (κ2) is 12.8. The molecule has 0 saturated carbocycles. The fraction of sp³-hybridized carbons (Fsp3) is 0.258. The van der Waals surface area contributed by atoms with Crippen LogP contribution in [0.1, 0.15) is 52.8 Å². The lowest BCUT2D eigenvalue weighted by molar-refractivity contribution is 0.153. The van der Waals surface area contributed by atoms with Crippen molar-refractivity contribution in [2.75, 3.05) is 0 Å². The first-order valence-electron chi connectivity index (χ1n) is 13.2. The van der Waals surface area contributed by atoms with Crippen LogP contribution in [0.3, 0.4) is 0 Å². The van der Waals surface area contributed by atoms with E-state index in [4.69, 9.17) is 21.6 Å². The third-order valence-electron chi connectivity index (χ3n) is 7.26. The molecule has 6 nitrogen and oxygen atoms in total. The third kappa shape index (κ3) is 6.56. The van der Waals surface area contributed by atoms with Crippen LogP contribution >= 0.6 is 28.6 Å². The first-order valence-corrected chi connectivity index (χ1v) is 13.6. The maximum absolute atomic E-state index is 6.23. The van der Waals surface area contributed by atoms with Crippen LogP contribution in [0.5, 0.6) is 0 Å². The molecule has 1 aliphatic rings. The Hall–Kier alpha value is -3.10. The molecule has 3 heterocycles. The minimum Gasteiger partial charge on any atom is -0.341 e. The molecule has 39 heavy (non-hydrogen) atoms. The molecule has 0 fully saturated rings. The van der Waals surface area contributed by atoms with Crippen LogP contribution in [-0.4, -0.2) is 24.8 Å². The molecular weight excluding hydrogens is 572 g/mol. The van der Waals surface area contributed by atoms with Gasteiger partial charge in [-0.25, -0.2) is 4.98 Å². The molecule has 0 bridgehead atoms. The molecule has 2 aromatic carbocycles. The van der Waals surface area contributed by atoms with E-state index in [2.05, 4.69) is 68.7 Å². The predicted molar refractivity (Wildman–Crippen MR) is 162 cm³/mol. The third-order valence-corrected chi connectivity index (χ3v) is 7.61. The molecule has 5 aromatic rings. The lowest BCUT2D eigenvalue weighted by Gasteiger charge is -2.34. The van der Waals surface area contributed by atoms with E-state index in [0.717, 1.165) is 55.0 Å². The van der Waals surface area contributed by atoms with Crippen LogP contribution in [0.4, 0.5) is 0 Å². The fourth-order valence-electron chi connectivity index (χ4n) is 5.36. The largest absolute Gasteiger partial charge is 0.341 e. The summed E-state index contributed by atoms with van der Waals surface area (Å²) in [6.07, 6.45) is 7.07. The number of nitrogens with zero attached hydrogens (tertiary/aromatic N) is 4. The second-order valence-corrected chi connectivity index (χ2v) is 10.3. The summed E-state index contributed by atoms with van der Waals surface area (Å²) in [5.74, 6) is 0.989. The molecule has 0 amide bonds. The van der Waals surface area contributed by atoms with Crippen LogP contribution in [0.15, 0.2) is 85.2 Å². The highest BCUT2D eigenvalue weighted by Gasteiger charge is 2.28. The van der Waals surface area contributed by atoms with Crippen molar-refractivity contribution in [2.45, 2.75) is 51.5 Å². The molecule has 6 rings (SSSR count). The van der Waals surface area contributed by atoms with Gasteiger partial charge in [0.2, 0.25) is 0 Å². The predicted octanol–water partition coefficient (Wildman–Crippen LogP) is 6.95. The summed E-state index contributed by atoms with van der Waals surface area (Å²) >= 11 is 6.23. The van der Waals surface area contributed by atoms with Crippen molar-refractivity contribution in [3.8, 4) is 0 Å². The number of halogens is 2. The first-order chi connectivity index (χ1) is 18.7. The SMILES string of the molecule is Br.Clc1cccnc1CNCc1ccc(CN(Cc2nc3ccccc3[nH]2)C2CCCc3cccnc32)cc1. The molecule has 0 saturated heterocycles. The summed E-state index contributed by atoms with van der Waals surface area (Å²) < 4.78 is 0. The van der Waals surface area contributed by atoms with Crippen molar-refractivity contribution < 1.29 is 0 Å². The van der Waals surface area contributed by atoms with Crippen molar-refractivity contribution in [1.29, 1.82) is 0 Å². The normalized spacial score (nSPS) is 14.8. The number of aromatic nitrogens is 4. The second-order valence-electron chi connectivity index (χ2n) is 9.91. The Kier molecular flexibility index (Phi) is 9.04. The zero-order valence-electron chi connectivity index (χ0n) is 21.7. The number of imidazole rings is 1. The van der Waals surface area contributed by atoms with Crippen LogP contribution in [0.25, 0.3) is 11.0 Å². The Morgan fingerprint density at radius 3 is 2.51 bits per heavy atom. The summed E-state index contributed by atoms with van der Waals surface area (Å²) in [6, 6.07) is 25.4. The molecule has 0 radical (unpaired) electrons. The van der Waals surface area contributed by atoms with Gasteiger partial charge in [-0.05, 0) is 66.3 Å². The molecule has 8 heteroatoms. The number of para-hydroxylation sites is 2. The van der Waals surface area contributed by atoms with Crippen LogP contribution < -0.4 is 5.32 Å². The number of aryl methyl sites for hydroxylation is 1. The van der Waals surface area contributed by atoms with Crippen molar-refractivity contribution in [2.24, 2.45) is 0 Å². The lowest BCUT2D eigenvalue weighted by atomic mass is 9.90. The van der Waals surface area contributed by atoms with E-state index in [1.165, 1.54) is 28.8 Å². The number of rotatable bonds is 9. The van der Waals surface area contributed by atoms with Gasteiger partial charge in [-0.2, -0.15) is 0 Å². The standard InChI is InChI=1S/C31H31ClN6.BrH/c32-25-8-5-16-34-28(25)19-33-18-22-12-14-23(15-13-22)20-38(21-30-36-26-9-1-2-10-27(26)37-30)29-11-3-6-24-7-4-17-35-31(24)29;/h1-2,4-5,7-10,12-17,29,33H,3,6,11,18-21H2,(H,36,37);1H. The molecule has 3 aromatic heterocycles. The van der Waals surface area contributed by atoms with Gasteiger partial charge in [-0.3, -0.25) is 14.9 Å². The minimum atomic E-state index is 0. The van der Waals surface area contributed by atoms with Crippen molar-refractivity contribution in [3.63, 3.8) is 0 Å². The van der Waals surface area contributed by atoms with Crippen molar-refractivity contribution in [3.05, 3.63) is 124 Å². The summed E-state index contributed by atoms with van der Waals surface area (Å²) in [4.78, 5) is 20.1. The Morgan fingerprint density at radius 1 is 0.872 bits per heavy atom. The van der Waals surface area contributed by atoms with E-state index >= 15 is 0 Å². The zero-order chi connectivity index (χ0) is 25.7. The molecule has 0 aliphatic heterocycles. The molecule has 1 atom stereocenters.